The SMILES string of the molecule is Cc1ccc(OCC(=O)Nc2ccc(N3CCOCC3)c(Cl)c2)cc1. The summed E-state index contributed by atoms with van der Waals surface area (Å²) in [6.45, 7) is 4.98. The van der Waals surface area contributed by atoms with E-state index in [2.05, 4.69) is 10.2 Å². The van der Waals surface area contributed by atoms with E-state index in [1.165, 1.54) is 0 Å². The monoisotopic (exact) mass is 360 g/mol. The van der Waals surface area contributed by atoms with Gasteiger partial charge in [-0.1, -0.05) is 29.3 Å². The van der Waals surface area contributed by atoms with Crippen LogP contribution in [-0.2, 0) is 9.53 Å². The number of ether oxygens (including phenoxy) is 2. The standard InChI is InChI=1S/C19H21ClN2O3/c1-14-2-5-16(6-3-14)25-13-19(23)21-15-4-7-18(17(20)12-15)22-8-10-24-11-9-22/h2-7,12H,8-11,13H2,1H3,(H,21,23). The van der Waals surface area contributed by atoms with E-state index in [4.69, 9.17) is 21.1 Å². The number of hydrogen-bond donors (Lipinski definition) is 1. The summed E-state index contributed by atoms with van der Waals surface area (Å²) in [5, 5.41) is 3.41. The zero-order valence-electron chi connectivity index (χ0n) is 14.1. The fourth-order valence-corrected chi connectivity index (χ4v) is 2.93. The normalized spacial score (nSPS) is 14.2. The van der Waals surface area contributed by atoms with Gasteiger partial charge in [0.2, 0.25) is 0 Å². The van der Waals surface area contributed by atoms with Gasteiger partial charge in [0.05, 0.1) is 23.9 Å². The number of nitrogens with zero attached hydrogens (tertiary/aromatic N) is 1. The number of benzene rings is 2. The predicted octanol–water partition coefficient (Wildman–Crippen LogP) is 3.50. The average molecular weight is 361 g/mol. The molecule has 3 rings (SSSR count). The number of hydrogen-bond acceptors (Lipinski definition) is 4. The fourth-order valence-electron chi connectivity index (χ4n) is 2.63. The first kappa shape index (κ1) is 17.6. The molecule has 1 N–H and O–H groups in total. The van der Waals surface area contributed by atoms with E-state index >= 15 is 0 Å². The lowest BCUT2D eigenvalue weighted by molar-refractivity contribution is -0.118. The number of anilines is 2. The quantitative estimate of drug-likeness (QED) is 0.886. The van der Waals surface area contributed by atoms with Crippen LogP contribution < -0.4 is 15.0 Å². The van der Waals surface area contributed by atoms with Gasteiger partial charge in [-0.05, 0) is 37.3 Å². The molecule has 2 aromatic rings. The van der Waals surface area contributed by atoms with Gasteiger partial charge in [-0.15, -0.1) is 0 Å². The van der Waals surface area contributed by atoms with Crippen molar-refractivity contribution in [3.63, 3.8) is 0 Å². The summed E-state index contributed by atoms with van der Waals surface area (Å²) in [5.74, 6) is 0.442. The van der Waals surface area contributed by atoms with Gasteiger partial charge in [0.15, 0.2) is 6.61 Å². The maximum Gasteiger partial charge on any atom is 0.262 e. The Labute approximate surface area is 152 Å². The highest BCUT2D eigenvalue weighted by Gasteiger charge is 2.15. The molecule has 5 nitrogen and oxygen atoms in total. The first-order valence-electron chi connectivity index (χ1n) is 8.23. The van der Waals surface area contributed by atoms with Gasteiger partial charge >= 0.3 is 0 Å². The van der Waals surface area contributed by atoms with Crippen LogP contribution in [0.15, 0.2) is 42.5 Å². The summed E-state index contributed by atoms with van der Waals surface area (Å²) in [7, 11) is 0. The Morgan fingerprint density at radius 3 is 2.60 bits per heavy atom. The smallest absolute Gasteiger partial charge is 0.262 e. The molecular formula is C19H21ClN2O3. The fraction of sp³-hybridized carbons (Fsp3) is 0.316. The van der Waals surface area contributed by atoms with Crippen molar-refractivity contribution in [1.82, 2.24) is 0 Å². The molecule has 0 aliphatic carbocycles. The molecule has 0 aromatic heterocycles. The van der Waals surface area contributed by atoms with Crippen LogP contribution in [-0.4, -0.2) is 38.8 Å². The molecular weight excluding hydrogens is 340 g/mol. The largest absolute Gasteiger partial charge is 0.484 e. The molecule has 25 heavy (non-hydrogen) atoms. The van der Waals surface area contributed by atoms with Gasteiger partial charge in [0, 0.05) is 18.8 Å². The number of carbonyl (C=O) groups excluding carboxylic acids is 1. The van der Waals surface area contributed by atoms with Crippen LogP contribution in [0.5, 0.6) is 5.75 Å². The van der Waals surface area contributed by atoms with Gasteiger partial charge in [-0.2, -0.15) is 0 Å². The van der Waals surface area contributed by atoms with Crippen LogP contribution in [0.3, 0.4) is 0 Å². The Balaban J connectivity index is 1.55. The van der Waals surface area contributed by atoms with Crippen molar-refractivity contribution < 1.29 is 14.3 Å². The highest BCUT2D eigenvalue weighted by Crippen LogP contribution is 2.29. The first-order valence-corrected chi connectivity index (χ1v) is 8.61. The molecule has 0 radical (unpaired) electrons. The highest BCUT2D eigenvalue weighted by molar-refractivity contribution is 6.33. The second kappa shape index (κ2) is 8.23. The minimum absolute atomic E-state index is 0.0497. The summed E-state index contributed by atoms with van der Waals surface area (Å²) in [6.07, 6.45) is 0. The summed E-state index contributed by atoms with van der Waals surface area (Å²) in [6, 6.07) is 13.1. The zero-order chi connectivity index (χ0) is 17.6. The summed E-state index contributed by atoms with van der Waals surface area (Å²) < 4.78 is 10.8. The van der Waals surface area contributed by atoms with Crippen LogP contribution in [0.25, 0.3) is 0 Å². The summed E-state index contributed by atoms with van der Waals surface area (Å²) >= 11 is 6.37. The maximum atomic E-state index is 12.0. The molecule has 0 atom stereocenters. The number of halogens is 1. The van der Waals surface area contributed by atoms with Gasteiger partial charge in [0.25, 0.3) is 5.91 Å². The molecule has 0 saturated carbocycles. The first-order chi connectivity index (χ1) is 12.1. The Morgan fingerprint density at radius 1 is 1.20 bits per heavy atom. The lowest BCUT2D eigenvalue weighted by atomic mass is 10.2. The topological polar surface area (TPSA) is 50.8 Å². The number of amides is 1. The third kappa shape index (κ3) is 4.87. The average Bonchev–Trinajstić information content (AvgIpc) is 2.62. The minimum atomic E-state index is -0.226. The molecule has 1 amide bonds. The van der Waals surface area contributed by atoms with Crippen molar-refractivity contribution in [3.8, 4) is 5.75 Å². The van der Waals surface area contributed by atoms with E-state index in [0.29, 0.717) is 29.7 Å². The highest BCUT2D eigenvalue weighted by atomic mass is 35.5. The lowest BCUT2D eigenvalue weighted by Crippen LogP contribution is -2.36. The van der Waals surface area contributed by atoms with E-state index in [0.717, 1.165) is 24.3 Å². The van der Waals surface area contributed by atoms with E-state index < -0.39 is 0 Å². The number of rotatable bonds is 5. The Bertz CT molecular complexity index is 728. The van der Waals surface area contributed by atoms with Crippen molar-refractivity contribution in [2.45, 2.75) is 6.92 Å². The Hall–Kier alpha value is -2.24. The minimum Gasteiger partial charge on any atom is -0.484 e. The van der Waals surface area contributed by atoms with Crippen LogP contribution >= 0.6 is 11.6 Å². The molecule has 1 aliphatic heterocycles. The van der Waals surface area contributed by atoms with Crippen LogP contribution in [0.2, 0.25) is 5.02 Å². The second-order valence-corrected chi connectivity index (χ2v) is 6.32. The molecule has 1 fully saturated rings. The molecule has 0 spiro atoms. The molecule has 2 aromatic carbocycles. The summed E-state index contributed by atoms with van der Waals surface area (Å²) in [5.41, 5.74) is 2.75. The van der Waals surface area contributed by atoms with Crippen molar-refractivity contribution in [2.75, 3.05) is 43.1 Å². The molecule has 1 aliphatic rings. The maximum absolute atomic E-state index is 12.0. The van der Waals surface area contributed by atoms with E-state index in [1.807, 2.05) is 43.3 Å². The second-order valence-electron chi connectivity index (χ2n) is 5.92. The number of carbonyl (C=O) groups is 1. The molecule has 1 saturated heterocycles. The van der Waals surface area contributed by atoms with Crippen LogP contribution in [0.4, 0.5) is 11.4 Å². The van der Waals surface area contributed by atoms with E-state index in [1.54, 1.807) is 6.07 Å². The number of aryl methyl sites for hydroxylation is 1. The third-order valence-corrected chi connectivity index (χ3v) is 4.28. The molecule has 132 valence electrons. The van der Waals surface area contributed by atoms with E-state index in [9.17, 15) is 4.79 Å². The number of morpholine rings is 1. The van der Waals surface area contributed by atoms with Crippen molar-refractivity contribution in [1.29, 1.82) is 0 Å². The van der Waals surface area contributed by atoms with Crippen molar-refractivity contribution in [2.24, 2.45) is 0 Å². The van der Waals surface area contributed by atoms with Crippen LogP contribution in [0.1, 0.15) is 5.56 Å². The van der Waals surface area contributed by atoms with E-state index in [-0.39, 0.29) is 12.5 Å². The third-order valence-electron chi connectivity index (χ3n) is 3.97. The van der Waals surface area contributed by atoms with Crippen molar-refractivity contribution >= 4 is 28.9 Å². The molecule has 1 heterocycles. The molecule has 0 bridgehead atoms. The van der Waals surface area contributed by atoms with Gasteiger partial charge in [0.1, 0.15) is 5.75 Å². The molecule has 0 unspecified atom stereocenters. The molecule has 6 heteroatoms. The predicted molar refractivity (Wildman–Crippen MR) is 99.8 cm³/mol. The van der Waals surface area contributed by atoms with Gasteiger partial charge < -0.3 is 19.7 Å². The van der Waals surface area contributed by atoms with Crippen molar-refractivity contribution in [3.05, 3.63) is 53.1 Å². The zero-order valence-corrected chi connectivity index (χ0v) is 14.9. The summed E-state index contributed by atoms with van der Waals surface area (Å²) in [4.78, 5) is 14.2. The Morgan fingerprint density at radius 2 is 1.92 bits per heavy atom. The lowest BCUT2D eigenvalue weighted by Gasteiger charge is -2.29. The van der Waals surface area contributed by atoms with Crippen LogP contribution in [0, 0.1) is 6.92 Å². The Kier molecular flexibility index (Phi) is 5.79. The number of nitrogens with one attached hydrogen (secondary N) is 1. The van der Waals surface area contributed by atoms with Gasteiger partial charge in [-0.25, -0.2) is 0 Å². The van der Waals surface area contributed by atoms with Gasteiger partial charge in [-0.3, -0.25) is 4.79 Å².